The fourth-order valence-electron chi connectivity index (χ4n) is 1.10. The fraction of sp³-hybridized carbons (Fsp3) is 0.222. The van der Waals surface area contributed by atoms with Gasteiger partial charge in [0.15, 0.2) is 5.78 Å². The van der Waals surface area contributed by atoms with Gasteiger partial charge in [0.05, 0.1) is 18.5 Å². The van der Waals surface area contributed by atoms with Gasteiger partial charge >= 0.3 is 0 Å². The Morgan fingerprint density at radius 1 is 1.31 bits per heavy atom. The molecule has 0 aliphatic carbocycles. The molecule has 4 nitrogen and oxygen atoms in total. The lowest BCUT2D eigenvalue weighted by atomic mass is 10.1. The van der Waals surface area contributed by atoms with Crippen molar-refractivity contribution in [2.24, 2.45) is 0 Å². The predicted molar refractivity (Wildman–Crippen MR) is 51.8 cm³/mol. The highest BCUT2D eigenvalue weighted by Crippen LogP contribution is 2.30. The number of methoxy groups -OCH3 is 1. The summed E-state index contributed by atoms with van der Waals surface area (Å²) in [6.07, 6.45) is 0. The van der Waals surface area contributed by atoms with Crippen molar-refractivity contribution in [2.45, 2.75) is 6.92 Å². The summed E-state index contributed by atoms with van der Waals surface area (Å²) < 4.78 is 4.94. The summed E-state index contributed by atoms with van der Waals surface area (Å²) >= 11 is 0. The summed E-state index contributed by atoms with van der Waals surface area (Å²) in [5.74, 6) is 0.384. The Morgan fingerprint density at radius 2 is 1.92 bits per heavy atom. The molecule has 0 unspecified atom stereocenters. The minimum absolute atomic E-state index is 0.105. The van der Waals surface area contributed by atoms with Gasteiger partial charge in [-0.1, -0.05) is 0 Å². The molecule has 4 N–H and O–H groups in total. The van der Waals surface area contributed by atoms with Crippen LogP contribution in [0.25, 0.3) is 0 Å². The first-order valence-corrected chi connectivity index (χ1v) is 3.80. The molecular weight excluding hydrogens is 168 g/mol. The number of benzene rings is 1. The normalized spacial score (nSPS) is 9.69. The molecule has 0 saturated carbocycles. The van der Waals surface area contributed by atoms with Crippen LogP contribution in [0, 0.1) is 0 Å². The summed E-state index contributed by atoms with van der Waals surface area (Å²) in [5, 5.41) is 0. The maximum Gasteiger partial charge on any atom is 0.161 e. The maximum absolute atomic E-state index is 11.0. The Balaban J connectivity index is 3.31. The molecule has 0 atom stereocenters. The molecule has 0 radical (unpaired) electrons. The number of hydrogen-bond acceptors (Lipinski definition) is 4. The molecule has 0 saturated heterocycles. The number of ketones is 1. The number of ether oxygens (including phenoxy) is 1. The lowest BCUT2D eigenvalue weighted by molar-refractivity contribution is 0.101. The van der Waals surface area contributed by atoms with Crippen LogP contribution in [0.1, 0.15) is 17.3 Å². The van der Waals surface area contributed by atoms with Crippen molar-refractivity contribution in [1.29, 1.82) is 0 Å². The molecule has 0 heterocycles. The van der Waals surface area contributed by atoms with Crippen molar-refractivity contribution in [2.75, 3.05) is 18.6 Å². The molecule has 0 bridgehead atoms. The molecule has 0 amide bonds. The SMILES string of the molecule is COc1ccc(C(C)=O)c(N)c1N. The summed E-state index contributed by atoms with van der Waals surface area (Å²) in [6.45, 7) is 1.44. The molecule has 0 fully saturated rings. The first-order chi connectivity index (χ1) is 6.07. The molecule has 1 aromatic carbocycles. The molecular formula is C9H12N2O2. The van der Waals surface area contributed by atoms with E-state index in [0.29, 0.717) is 17.0 Å². The third kappa shape index (κ3) is 1.56. The van der Waals surface area contributed by atoms with Crippen LogP contribution in [-0.4, -0.2) is 12.9 Å². The molecule has 0 aromatic heterocycles. The second-order valence-electron chi connectivity index (χ2n) is 2.70. The van der Waals surface area contributed by atoms with Crippen LogP contribution in [0.2, 0.25) is 0 Å². The molecule has 13 heavy (non-hydrogen) atoms. The molecule has 0 aliphatic rings. The summed E-state index contributed by atoms with van der Waals surface area (Å²) in [6, 6.07) is 3.23. The van der Waals surface area contributed by atoms with Gasteiger partial charge in [-0.05, 0) is 19.1 Å². The Morgan fingerprint density at radius 3 is 2.38 bits per heavy atom. The quantitative estimate of drug-likeness (QED) is 0.527. The summed E-state index contributed by atoms with van der Waals surface area (Å²) in [7, 11) is 1.50. The van der Waals surface area contributed by atoms with E-state index in [4.69, 9.17) is 16.2 Å². The van der Waals surface area contributed by atoms with Crippen molar-refractivity contribution in [3.8, 4) is 5.75 Å². The number of carbonyl (C=O) groups excluding carboxylic acids is 1. The Labute approximate surface area is 76.5 Å². The number of carbonyl (C=O) groups is 1. The van der Waals surface area contributed by atoms with E-state index in [1.54, 1.807) is 12.1 Å². The van der Waals surface area contributed by atoms with Crippen molar-refractivity contribution in [3.63, 3.8) is 0 Å². The third-order valence-electron chi connectivity index (χ3n) is 1.85. The van der Waals surface area contributed by atoms with Gasteiger partial charge in [0.1, 0.15) is 5.75 Å². The zero-order valence-corrected chi connectivity index (χ0v) is 7.63. The number of nitrogens with two attached hydrogens (primary N) is 2. The first-order valence-electron chi connectivity index (χ1n) is 3.80. The number of nitrogen functional groups attached to an aromatic ring is 2. The van der Waals surface area contributed by atoms with Gasteiger partial charge in [-0.25, -0.2) is 0 Å². The fourth-order valence-corrected chi connectivity index (χ4v) is 1.10. The third-order valence-corrected chi connectivity index (χ3v) is 1.85. The maximum atomic E-state index is 11.0. The van der Waals surface area contributed by atoms with Crippen LogP contribution in [0.3, 0.4) is 0 Å². The molecule has 70 valence electrons. The van der Waals surface area contributed by atoms with Gasteiger partial charge in [-0.15, -0.1) is 0 Å². The summed E-state index contributed by atoms with van der Waals surface area (Å²) in [4.78, 5) is 11.0. The van der Waals surface area contributed by atoms with Crippen LogP contribution in [0.4, 0.5) is 11.4 Å². The second kappa shape index (κ2) is 3.35. The smallest absolute Gasteiger partial charge is 0.161 e. The molecule has 1 rings (SSSR count). The van der Waals surface area contributed by atoms with Gasteiger partial charge in [-0.2, -0.15) is 0 Å². The Kier molecular flexibility index (Phi) is 2.41. The average molecular weight is 180 g/mol. The van der Waals surface area contributed by atoms with E-state index in [2.05, 4.69) is 0 Å². The van der Waals surface area contributed by atoms with Crippen molar-refractivity contribution in [3.05, 3.63) is 17.7 Å². The average Bonchev–Trinajstić information content (AvgIpc) is 2.09. The summed E-state index contributed by atoms with van der Waals surface area (Å²) in [5.41, 5.74) is 12.3. The van der Waals surface area contributed by atoms with E-state index in [0.717, 1.165) is 0 Å². The van der Waals surface area contributed by atoms with Gasteiger partial charge in [0, 0.05) is 5.56 Å². The highest BCUT2D eigenvalue weighted by atomic mass is 16.5. The largest absolute Gasteiger partial charge is 0.495 e. The van der Waals surface area contributed by atoms with Crippen molar-refractivity contribution < 1.29 is 9.53 Å². The Hall–Kier alpha value is -1.71. The number of rotatable bonds is 2. The van der Waals surface area contributed by atoms with Crippen LogP contribution in [0.15, 0.2) is 12.1 Å². The van der Waals surface area contributed by atoms with Gasteiger partial charge in [0.25, 0.3) is 0 Å². The van der Waals surface area contributed by atoms with Gasteiger partial charge in [0.2, 0.25) is 0 Å². The van der Waals surface area contributed by atoms with Gasteiger partial charge in [-0.3, -0.25) is 4.79 Å². The highest BCUT2D eigenvalue weighted by molar-refractivity contribution is 6.02. The minimum Gasteiger partial charge on any atom is -0.495 e. The van der Waals surface area contributed by atoms with Crippen LogP contribution < -0.4 is 16.2 Å². The van der Waals surface area contributed by atoms with E-state index in [1.165, 1.54) is 14.0 Å². The molecule has 0 aliphatic heterocycles. The molecule has 4 heteroatoms. The predicted octanol–water partition coefficient (Wildman–Crippen LogP) is 1.06. The second-order valence-corrected chi connectivity index (χ2v) is 2.70. The number of hydrogen-bond donors (Lipinski definition) is 2. The number of anilines is 2. The van der Waals surface area contributed by atoms with Crippen LogP contribution in [-0.2, 0) is 0 Å². The van der Waals surface area contributed by atoms with E-state index in [1.807, 2.05) is 0 Å². The van der Waals surface area contributed by atoms with E-state index < -0.39 is 0 Å². The molecule has 0 spiro atoms. The first kappa shape index (κ1) is 9.38. The van der Waals surface area contributed by atoms with Gasteiger partial charge < -0.3 is 16.2 Å². The standard InChI is InChI=1S/C9H12N2O2/c1-5(12)6-3-4-7(13-2)9(11)8(6)10/h3-4H,10-11H2,1-2H3. The number of Topliss-reactive ketones (excluding diaryl/α,β-unsaturated/α-hetero) is 1. The monoisotopic (exact) mass is 180 g/mol. The lowest BCUT2D eigenvalue weighted by Crippen LogP contribution is -2.05. The van der Waals surface area contributed by atoms with Crippen LogP contribution in [0.5, 0.6) is 5.75 Å². The lowest BCUT2D eigenvalue weighted by Gasteiger charge is -2.09. The van der Waals surface area contributed by atoms with E-state index in [-0.39, 0.29) is 11.5 Å². The van der Waals surface area contributed by atoms with Crippen molar-refractivity contribution in [1.82, 2.24) is 0 Å². The van der Waals surface area contributed by atoms with Crippen LogP contribution >= 0.6 is 0 Å². The van der Waals surface area contributed by atoms with E-state index >= 15 is 0 Å². The molecule has 1 aromatic rings. The highest BCUT2D eigenvalue weighted by Gasteiger charge is 2.10. The zero-order chi connectivity index (χ0) is 10.0. The Bertz CT molecular complexity index is 348. The minimum atomic E-state index is -0.105. The zero-order valence-electron chi connectivity index (χ0n) is 7.63. The van der Waals surface area contributed by atoms with Crippen molar-refractivity contribution >= 4 is 17.2 Å². The van der Waals surface area contributed by atoms with E-state index in [9.17, 15) is 4.79 Å². The topological polar surface area (TPSA) is 78.3 Å².